The lowest BCUT2D eigenvalue weighted by Crippen LogP contribution is -2.55. The molecule has 2 amide bonds. The predicted octanol–water partition coefficient (Wildman–Crippen LogP) is 3.68. The molecule has 0 aliphatic heterocycles. The Morgan fingerprint density at radius 3 is 2.43 bits per heavy atom. The molecule has 4 heteroatoms. The second kappa shape index (κ2) is 8.62. The summed E-state index contributed by atoms with van der Waals surface area (Å²) in [5.41, 5.74) is -0.185. The van der Waals surface area contributed by atoms with Crippen LogP contribution in [0, 0.1) is 0 Å². The zero-order chi connectivity index (χ0) is 15.9. The molecule has 1 saturated carbocycles. The first-order valence-electron chi connectivity index (χ1n) is 8.62. The molecule has 0 aromatic heterocycles. The van der Waals surface area contributed by atoms with E-state index in [1.807, 2.05) is 4.90 Å². The first-order chi connectivity index (χ1) is 9.86. The summed E-state index contributed by atoms with van der Waals surface area (Å²) in [7, 11) is 0. The van der Waals surface area contributed by atoms with Gasteiger partial charge < -0.3 is 15.3 Å². The number of urea groups is 1. The maximum absolute atomic E-state index is 12.6. The number of aliphatic hydroxyl groups is 1. The molecule has 4 nitrogen and oxygen atoms in total. The van der Waals surface area contributed by atoms with E-state index in [1.165, 1.54) is 19.3 Å². The highest BCUT2D eigenvalue weighted by atomic mass is 16.3. The number of nitrogens with one attached hydrogen (secondary N) is 1. The van der Waals surface area contributed by atoms with Crippen molar-refractivity contribution in [2.24, 2.45) is 0 Å². The van der Waals surface area contributed by atoms with E-state index in [2.05, 4.69) is 33.0 Å². The minimum atomic E-state index is -0.385. The van der Waals surface area contributed by atoms with Crippen LogP contribution in [-0.4, -0.2) is 40.3 Å². The van der Waals surface area contributed by atoms with E-state index in [4.69, 9.17) is 0 Å². The Labute approximate surface area is 130 Å². The molecular formula is C17H34N2O2. The molecule has 0 aromatic rings. The second-order valence-corrected chi connectivity index (χ2v) is 7.29. The van der Waals surface area contributed by atoms with Gasteiger partial charge in [-0.1, -0.05) is 39.0 Å². The highest BCUT2D eigenvalue weighted by molar-refractivity contribution is 5.75. The van der Waals surface area contributed by atoms with Gasteiger partial charge in [-0.25, -0.2) is 4.79 Å². The molecule has 2 unspecified atom stereocenters. The first kappa shape index (κ1) is 18.3. The first-order valence-corrected chi connectivity index (χ1v) is 8.62. The van der Waals surface area contributed by atoms with Crippen LogP contribution in [0.5, 0.6) is 0 Å². The number of carbonyl (C=O) groups excluding carboxylic acids is 1. The fourth-order valence-electron chi connectivity index (χ4n) is 2.95. The van der Waals surface area contributed by atoms with Gasteiger partial charge in [-0.3, -0.25) is 0 Å². The number of hydrogen-bond donors (Lipinski definition) is 2. The zero-order valence-electron chi connectivity index (χ0n) is 14.3. The third-order valence-corrected chi connectivity index (χ3v) is 4.33. The number of carbonyl (C=O) groups is 1. The van der Waals surface area contributed by atoms with Gasteiger partial charge in [0, 0.05) is 12.1 Å². The lowest BCUT2D eigenvalue weighted by molar-refractivity contribution is 0.0824. The number of rotatable bonds is 6. The van der Waals surface area contributed by atoms with Gasteiger partial charge in [0.15, 0.2) is 0 Å². The number of nitrogens with zero attached hydrogens (tertiary/aromatic N) is 1. The van der Waals surface area contributed by atoms with Crippen molar-refractivity contribution in [3.05, 3.63) is 0 Å². The Bertz CT molecular complexity index is 312. The molecule has 0 bridgehead atoms. The summed E-state index contributed by atoms with van der Waals surface area (Å²) in [5, 5.41) is 13.1. The molecule has 2 N–H and O–H groups in total. The topological polar surface area (TPSA) is 52.6 Å². The molecule has 0 spiro atoms. The summed E-state index contributed by atoms with van der Waals surface area (Å²) in [6.45, 7) is 9.20. The van der Waals surface area contributed by atoms with Crippen LogP contribution >= 0.6 is 0 Å². The third-order valence-electron chi connectivity index (χ3n) is 4.33. The molecule has 0 radical (unpaired) electrons. The van der Waals surface area contributed by atoms with Crippen molar-refractivity contribution in [3.8, 4) is 0 Å². The summed E-state index contributed by atoms with van der Waals surface area (Å²) in [6.07, 6.45) is 8.11. The lowest BCUT2D eigenvalue weighted by Gasteiger charge is -2.38. The normalized spacial score (nSPS) is 22.9. The molecule has 1 aliphatic carbocycles. The largest absolute Gasteiger partial charge is 0.391 e. The van der Waals surface area contributed by atoms with Gasteiger partial charge in [0.2, 0.25) is 0 Å². The van der Waals surface area contributed by atoms with Crippen molar-refractivity contribution < 1.29 is 9.90 Å². The average molecular weight is 298 g/mol. The molecule has 1 fully saturated rings. The molecule has 1 rings (SSSR count). The van der Waals surface area contributed by atoms with Crippen LogP contribution < -0.4 is 5.32 Å². The quantitative estimate of drug-likeness (QED) is 0.735. The van der Waals surface area contributed by atoms with Crippen LogP contribution in [0.3, 0.4) is 0 Å². The van der Waals surface area contributed by atoms with Crippen LogP contribution in [-0.2, 0) is 0 Å². The molecule has 21 heavy (non-hydrogen) atoms. The van der Waals surface area contributed by atoms with E-state index in [-0.39, 0.29) is 23.7 Å². The van der Waals surface area contributed by atoms with Crippen LogP contribution in [0.4, 0.5) is 4.79 Å². The van der Waals surface area contributed by atoms with E-state index in [1.54, 1.807) is 0 Å². The Kier molecular flexibility index (Phi) is 7.50. The SMILES string of the molecule is CCCCCCN(C(=O)NC1CCCCC1O)C(C)(C)C. The minimum absolute atomic E-state index is 0.0232. The molecule has 2 atom stereocenters. The molecular weight excluding hydrogens is 264 g/mol. The van der Waals surface area contributed by atoms with Crippen LogP contribution in [0.2, 0.25) is 0 Å². The summed E-state index contributed by atoms with van der Waals surface area (Å²) < 4.78 is 0. The minimum Gasteiger partial charge on any atom is -0.391 e. The molecule has 0 saturated heterocycles. The van der Waals surface area contributed by atoms with Gasteiger partial charge in [0.25, 0.3) is 0 Å². The van der Waals surface area contributed by atoms with E-state index in [9.17, 15) is 9.90 Å². The van der Waals surface area contributed by atoms with Gasteiger partial charge in [0.1, 0.15) is 0 Å². The van der Waals surface area contributed by atoms with Crippen LogP contribution in [0.25, 0.3) is 0 Å². The Morgan fingerprint density at radius 1 is 1.19 bits per heavy atom. The van der Waals surface area contributed by atoms with E-state index in [0.717, 1.165) is 38.6 Å². The fourth-order valence-corrected chi connectivity index (χ4v) is 2.95. The Morgan fingerprint density at radius 2 is 1.86 bits per heavy atom. The predicted molar refractivity (Wildman–Crippen MR) is 87.4 cm³/mol. The molecule has 124 valence electrons. The lowest BCUT2D eigenvalue weighted by atomic mass is 9.92. The Hall–Kier alpha value is -0.770. The number of amides is 2. The number of unbranched alkanes of at least 4 members (excludes halogenated alkanes) is 3. The smallest absolute Gasteiger partial charge is 0.318 e. The summed E-state index contributed by atoms with van der Waals surface area (Å²) in [4.78, 5) is 14.5. The fraction of sp³-hybridized carbons (Fsp3) is 0.941. The van der Waals surface area contributed by atoms with Crippen LogP contribution in [0.1, 0.15) is 79.1 Å². The maximum atomic E-state index is 12.6. The van der Waals surface area contributed by atoms with Crippen molar-refractivity contribution >= 4 is 6.03 Å². The van der Waals surface area contributed by atoms with Crippen molar-refractivity contribution in [2.75, 3.05) is 6.54 Å². The number of aliphatic hydroxyl groups excluding tert-OH is 1. The summed E-state index contributed by atoms with van der Waals surface area (Å²) in [6, 6.07) is -0.100. The molecule has 1 aliphatic rings. The van der Waals surface area contributed by atoms with E-state index < -0.39 is 0 Å². The monoisotopic (exact) mass is 298 g/mol. The van der Waals surface area contributed by atoms with Crippen LogP contribution in [0.15, 0.2) is 0 Å². The Balaban J connectivity index is 2.54. The van der Waals surface area contributed by atoms with E-state index in [0.29, 0.717) is 0 Å². The zero-order valence-corrected chi connectivity index (χ0v) is 14.3. The van der Waals surface area contributed by atoms with Crippen molar-refractivity contribution in [1.82, 2.24) is 10.2 Å². The van der Waals surface area contributed by atoms with E-state index >= 15 is 0 Å². The van der Waals surface area contributed by atoms with Gasteiger partial charge in [-0.2, -0.15) is 0 Å². The standard InChI is InChI=1S/C17H34N2O2/c1-5-6-7-10-13-19(17(2,3)4)16(21)18-14-11-8-9-12-15(14)20/h14-15,20H,5-13H2,1-4H3,(H,18,21). The maximum Gasteiger partial charge on any atom is 0.318 e. The summed E-state index contributed by atoms with van der Waals surface area (Å²) in [5.74, 6) is 0. The highest BCUT2D eigenvalue weighted by Gasteiger charge is 2.30. The van der Waals surface area contributed by atoms with Crippen molar-refractivity contribution in [3.63, 3.8) is 0 Å². The van der Waals surface area contributed by atoms with Crippen molar-refractivity contribution in [1.29, 1.82) is 0 Å². The van der Waals surface area contributed by atoms with Gasteiger partial charge >= 0.3 is 6.03 Å². The van der Waals surface area contributed by atoms with Gasteiger partial charge in [-0.15, -0.1) is 0 Å². The summed E-state index contributed by atoms with van der Waals surface area (Å²) >= 11 is 0. The van der Waals surface area contributed by atoms with Crippen molar-refractivity contribution in [2.45, 2.75) is 96.7 Å². The third kappa shape index (κ3) is 6.25. The highest BCUT2D eigenvalue weighted by Crippen LogP contribution is 2.20. The molecule has 0 aromatic carbocycles. The average Bonchev–Trinajstić information content (AvgIpc) is 2.39. The molecule has 0 heterocycles. The number of hydrogen-bond acceptors (Lipinski definition) is 2. The van der Waals surface area contributed by atoms with Gasteiger partial charge in [-0.05, 0) is 40.0 Å². The second-order valence-electron chi connectivity index (χ2n) is 7.29. The van der Waals surface area contributed by atoms with Gasteiger partial charge in [0.05, 0.1) is 12.1 Å².